The molecule has 0 atom stereocenters. The fourth-order valence-electron chi connectivity index (χ4n) is 3.82. The second-order valence-electron chi connectivity index (χ2n) is 6.70. The van der Waals surface area contributed by atoms with E-state index in [0.29, 0.717) is 6.54 Å². The maximum absolute atomic E-state index is 12.5. The molecule has 2 fully saturated rings. The lowest BCUT2D eigenvalue weighted by Gasteiger charge is -2.38. The molecule has 0 saturated heterocycles. The lowest BCUT2D eigenvalue weighted by Crippen LogP contribution is -2.54. The van der Waals surface area contributed by atoms with Crippen LogP contribution in [0, 0.1) is 5.41 Å². The van der Waals surface area contributed by atoms with Crippen molar-refractivity contribution in [2.75, 3.05) is 27.2 Å². The molecule has 0 aromatic heterocycles. The van der Waals surface area contributed by atoms with Crippen molar-refractivity contribution in [2.24, 2.45) is 11.1 Å². The minimum absolute atomic E-state index is 0. The highest BCUT2D eigenvalue weighted by Gasteiger charge is 2.42. The molecule has 2 rings (SSSR count). The van der Waals surface area contributed by atoms with E-state index in [4.69, 9.17) is 5.73 Å². The van der Waals surface area contributed by atoms with E-state index in [1.807, 2.05) is 0 Å². The molecule has 0 aliphatic heterocycles. The lowest BCUT2D eigenvalue weighted by atomic mass is 9.84. The summed E-state index contributed by atoms with van der Waals surface area (Å²) >= 11 is 0. The summed E-state index contributed by atoms with van der Waals surface area (Å²) in [6, 6.07) is 0. The average Bonchev–Trinajstić information content (AvgIpc) is 3.06. The van der Waals surface area contributed by atoms with Crippen LogP contribution in [-0.2, 0) is 4.79 Å². The third kappa shape index (κ3) is 4.25. The van der Waals surface area contributed by atoms with Gasteiger partial charge in [0.2, 0.25) is 5.91 Å². The van der Waals surface area contributed by atoms with Gasteiger partial charge in [0.05, 0.1) is 5.41 Å². The zero-order chi connectivity index (χ0) is 13.9. The first-order valence-corrected chi connectivity index (χ1v) is 7.71. The number of nitrogens with zero attached hydrogens (tertiary/aromatic N) is 1. The maximum atomic E-state index is 12.5. The number of carbonyl (C=O) groups is 1. The summed E-state index contributed by atoms with van der Waals surface area (Å²) in [5.41, 5.74) is 5.77. The third-order valence-corrected chi connectivity index (χ3v) is 5.49. The largest absolute Gasteiger partial charge is 0.354 e. The number of nitrogens with two attached hydrogens (primary N) is 1. The first-order chi connectivity index (χ1) is 9.05. The van der Waals surface area contributed by atoms with E-state index in [1.165, 1.54) is 25.7 Å². The van der Waals surface area contributed by atoms with Crippen LogP contribution in [0.5, 0.6) is 0 Å². The molecule has 0 unspecified atom stereocenters. The van der Waals surface area contributed by atoms with E-state index in [2.05, 4.69) is 24.3 Å². The Morgan fingerprint density at radius 2 is 1.52 bits per heavy atom. The lowest BCUT2D eigenvalue weighted by molar-refractivity contribution is -0.130. The second-order valence-corrected chi connectivity index (χ2v) is 6.70. The van der Waals surface area contributed by atoms with Gasteiger partial charge in [-0.15, -0.1) is 24.8 Å². The van der Waals surface area contributed by atoms with Crippen LogP contribution < -0.4 is 11.1 Å². The Bertz CT molecular complexity index is 325. The third-order valence-electron chi connectivity index (χ3n) is 5.49. The smallest absolute Gasteiger partial charge is 0.227 e. The number of hydrogen-bond donors (Lipinski definition) is 2. The number of nitrogens with one attached hydrogen (secondary N) is 1. The Balaban J connectivity index is 0.00000200. The van der Waals surface area contributed by atoms with Crippen molar-refractivity contribution < 1.29 is 4.79 Å². The molecule has 0 aromatic carbocycles. The number of likely N-dealkylation sites (N-methyl/N-ethyl adjacent to an activating group) is 1. The summed E-state index contributed by atoms with van der Waals surface area (Å²) in [4.78, 5) is 14.8. The van der Waals surface area contributed by atoms with Crippen LogP contribution >= 0.6 is 24.8 Å². The molecule has 6 heteroatoms. The van der Waals surface area contributed by atoms with Crippen molar-refractivity contribution in [1.29, 1.82) is 0 Å². The van der Waals surface area contributed by atoms with Crippen LogP contribution in [0.2, 0.25) is 0 Å². The number of halogens is 2. The molecule has 126 valence electrons. The minimum Gasteiger partial charge on any atom is -0.354 e. The quantitative estimate of drug-likeness (QED) is 0.808. The predicted octanol–water partition coefficient (Wildman–Crippen LogP) is 2.34. The number of carbonyl (C=O) groups excluding carboxylic acids is 1. The van der Waals surface area contributed by atoms with Crippen molar-refractivity contribution in [1.82, 2.24) is 10.2 Å². The maximum Gasteiger partial charge on any atom is 0.227 e. The SMILES string of the molecule is CN(C)C1(CNC(=O)C2(CN)CCCC2)CCCC1.Cl.Cl. The van der Waals surface area contributed by atoms with Gasteiger partial charge in [-0.05, 0) is 39.8 Å². The van der Waals surface area contributed by atoms with Crippen LogP contribution in [0.25, 0.3) is 0 Å². The molecule has 0 radical (unpaired) electrons. The molecule has 1 amide bonds. The van der Waals surface area contributed by atoms with Crippen molar-refractivity contribution in [3.63, 3.8) is 0 Å². The molecule has 0 aromatic rings. The van der Waals surface area contributed by atoms with Crippen LogP contribution in [0.3, 0.4) is 0 Å². The van der Waals surface area contributed by atoms with Gasteiger partial charge in [-0.25, -0.2) is 0 Å². The van der Waals surface area contributed by atoms with Gasteiger partial charge in [0, 0.05) is 18.6 Å². The zero-order valence-electron chi connectivity index (χ0n) is 13.3. The molecular formula is C15H31Cl2N3O. The Morgan fingerprint density at radius 1 is 1.05 bits per heavy atom. The van der Waals surface area contributed by atoms with Crippen molar-refractivity contribution in [3.8, 4) is 0 Å². The highest BCUT2D eigenvalue weighted by molar-refractivity contribution is 5.85. The standard InChI is InChI=1S/C15H29N3O.2ClH/c1-18(2)15(9-5-6-10-15)12-17-13(19)14(11-16)7-3-4-8-14;;/h3-12,16H2,1-2H3,(H,17,19);2*1H. The summed E-state index contributed by atoms with van der Waals surface area (Å²) in [5.74, 6) is 0.195. The van der Waals surface area contributed by atoms with E-state index in [1.54, 1.807) is 0 Å². The van der Waals surface area contributed by atoms with E-state index in [9.17, 15) is 4.79 Å². The van der Waals surface area contributed by atoms with Gasteiger partial charge in [0.25, 0.3) is 0 Å². The molecule has 2 aliphatic rings. The van der Waals surface area contributed by atoms with Gasteiger partial charge in [-0.1, -0.05) is 25.7 Å². The summed E-state index contributed by atoms with van der Waals surface area (Å²) in [6.45, 7) is 1.27. The monoisotopic (exact) mass is 339 g/mol. The highest BCUT2D eigenvalue weighted by atomic mass is 35.5. The van der Waals surface area contributed by atoms with Gasteiger partial charge < -0.3 is 16.0 Å². The summed E-state index contributed by atoms with van der Waals surface area (Å²) in [6.07, 6.45) is 9.14. The Morgan fingerprint density at radius 3 is 1.95 bits per heavy atom. The normalized spacial score (nSPS) is 22.5. The molecule has 0 bridgehead atoms. The van der Waals surface area contributed by atoms with E-state index >= 15 is 0 Å². The van der Waals surface area contributed by atoms with Gasteiger partial charge in [0.15, 0.2) is 0 Å². The van der Waals surface area contributed by atoms with Gasteiger partial charge in [-0.2, -0.15) is 0 Å². The molecule has 2 saturated carbocycles. The Labute approximate surface area is 141 Å². The Kier molecular flexibility index (Phi) is 8.55. The molecule has 2 aliphatic carbocycles. The van der Waals surface area contributed by atoms with Crippen LogP contribution in [0.1, 0.15) is 51.4 Å². The second kappa shape index (κ2) is 8.56. The molecule has 21 heavy (non-hydrogen) atoms. The zero-order valence-corrected chi connectivity index (χ0v) is 15.0. The van der Waals surface area contributed by atoms with Gasteiger partial charge in [0.1, 0.15) is 0 Å². The fraction of sp³-hybridized carbons (Fsp3) is 0.933. The molecule has 3 N–H and O–H groups in total. The van der Waals surface area contributed by atoms with Gasteiger partial charge >= 0.3 is 0 Å². The first kappa shape index (κ1) is 21.0. The Hall–Kier alpha value is -0.0300. The first-order valence-electron chi connectivity index (χ1n) is 7.71. The highest BCUT2D eigenvalue weighted by Crippen LogP contribution is 2.38. The summed E-state index contributed by atoms with van der Waals surface area (Å²) in [5, 5.41) is 3.22. The van der Waals surface area contributed by atoms with Crippen molar-refractivity contribution in [2.45, 2.75) is 56.9 Å². The fourth-order valence-corrected chi connectivity index (χ4v) is 3.82. The van der Waals surface area contributed by atoms with Crippen LogP contribution in [0.4, 0.5) is 0 Å². The molecule has 0 spiro atoms. The van der Waals surface area contributed by atoms with E-state index in [-0.39, 0.29) is 41.7 Å². The minimum atomic E-state index is -0.272. The predicted molar refractivity (Wildman–Crippen MR) is 92.3 cm³/mol. The van der Waals surface area contributed by atoms with Crippen LogP contribution in [-0.4, -0.2) is 43.5 Å². The topological polar surface area (TPSA) is 58.4 Å². The number of amides is 1. The van der Waals surface area contributed by atoms with Crippen molar-refractivity contribution in [3.05, 3.63) is 0 Å². The number of hydrogen-bond acceptors (Lipinski definition) is 3. The van der Waals surface area contributed by atoms with E-state index < -0.39 is 0 Å². The summed E-state index contributed by atoms with van der Waals surface area (Å²) < 4.78 is 0. The molecular weight excluding hydrogens is 309 g/mol. The summed E-state index contributed by atoms with van der Waals surface area (Å²) in [7, 11) is 4.26. The molecule has 0 heterocycles. The molecule has 4 nitrogen and oxygen atoms in total. The number of rotatable bonds is 5. The van der Waals surface area contributed by atoms with Crippen molar-refractivity contribution >= 4 is 30.7 Å². The van der Waals surface area contributed by atoms with Crippen LogP contribution in [0.15, 0.2) is 0 Å². The average molecular weight is 340 g/mol. The van der Waals surface area contributed by atoms with E-state index in [0.717, 1.165) is 32.2 Å². The van der Waals surface area contributed by atoms with Gasteiger partial charge in [-0.3, -0.25) is 4.79 Å².